The predicted molar refractivity (Wildman–Crippen MR) is 142 cm³/mol. The minimum atomic E-state index is 0.133. The van der Waals surface area contributed by atoms with E-state index in [2.05, 4.69) is 27.7 Å². The second-order valence-electron chi connectivity index (χ2n) is 10.5. The average Bonchev–Trinajstić information content (AvgIpc) is 2.77. The molecule has 1 heteroatoms. The Kier molecular flexibility index (Phi) is 24.6. The van der Waals surface area contributed by atoms with Gasteiger partial charge in [0.2, 0.25) is 0 Å². The lowest BCUT2D eigenvalue weighted by Gasteiger charge is -2.30. The van der Waals surface area contributed by atoms with Crippen LogP contribution in [0.1, 0.15) is 182 Å². The molecule has 0 aromatic heterocycles. The molecule has 188 valence electrons. The third-order valence-corrected chi connectivity index (χ3v) is 7.07. The van der Waals surface area contributed by atoms with Gasteiger partial charge in [-0.05, 0) is 26.2 Å². The van der Waals surface area contributed by atoms with Crippen molar-refractivity contribution >= 4 is 0 Å². The van der Waals surface area contributed by atoms with Gasteiger partial charge in [0.1, 0.15) is 0 Å². The van der Waals surface area contributed by atoms with Gasteiger partial charge in [0.15, 0.2) is 0 Å². The summed E-state index contributed by atoms with van der Waals surface area (Å²) in [6.07, 6.45) is 33.2. The fraction of sp³-hybridized carbons (Fsp3) is 1.00. The standard InChI is InChI=1S/C30H62O/c1-5-8-11-14-17-19-22-25-28-30(4,27-24-21-16-13-10-7-3)31-29-26-23-20-18-15-12-9-6-2/h5-29H2,1-4H3. The number of hydrogen-bond acceptors (Lipinski definition) is 1. The molecule has 0 N–H and O–H groups in total. The molecule has 0 saturated heterocycles. The van der Waals surface area contributed by atoms with Gasteiger partial charge >= 0.3 is 0 Å². The van der Waals surface area contributed by atoms with E-state index in [-0.39, 0.29) is 5.60 Å². The van der Waals surface area contributed by atoms with Gasteiger partial charge in [-0.1, -0.05) is 156 Å². The molecule has 1 nitrogen and oxygen atoms in total. The quantitative estimate of drug-likeness (QED) is 0.122. The summed E-state index contributed by atoms with van der Waals surface area (Å²) in [6, 6.07) is 0. The molecule has 0 heterocycles. The number of ether oxygens (including phenoxy) is 1. The van der Waals surface area contributed by atoms with E-state index in [1.807, 2.05) is 0 Å². The van der Waals surface area contributed by atoms with Gasteiger partial charge in [0, 0.05) is 6.61 Å². The third kappa shape index (κ3) is 22.9. The maximum atomic E-state index is 6.56. The average molecular weight is 439 g/mol. The van der Waals surface area contributed by atoms with Gasteiger partial charge in [-0.25, -0.2) is 0 Å². The molecule has 0 aromatic carbocycles. The number of unbranched alkanes of at least 4 members (excludes halogenated alkanes) is 19. The minimum Gasteiger partial charge on any atom is -0.375 e. The first-order valence-corrected chi connectivity index (χ1v) is 14.8. The fourth-order valence-corrected chi connectivity index (χ4v) is 4.74. The smallest absolute Gasteiger partial charge is 0.0654 e. The molecule has 0 aromatic rings. The molecule has 0 amide bonds. The Hall–Kier alpha value is -0.0400. The molecule has 0 fully saturated rings. The summed E-state index contributed by atoms with van der Waals surface area (Å²) < 4.78 is 6.56. The summed E-state index contributed by atoms with van der Waals surface area (Å²) in [7, 11) is 0. The van der Waals surface area contributed by atoms with Gasteiger partial charge in [-0.15, -0.1) is 0 Å². The van der Waals surface area contributed by atoms with E-state index in [1.165, 1.54) is 154 Å². The summed E-state index contributed by atoms with van der Waals surface area (Å²) in [4.78, 5) is 0. The molecule has 0 radical (unpaired) electrons. The Morgan fingerprint density at radius 2 is 0.677 bits per heavy atom. The zero-order valence-corrected chi connectivity index (χ0v) is 22.6. The Bertz CT molecular complexity index is 326. The molecule has 1 atom stereocenters. The van der Waals surface area contributed by atoms with Crippen LogP contribution in [0, 0.1) is 0 Å². The van der Waals surface area contributed by atoms with Crippen LogP contribution < -0.4 is 0 Å². The van der Waals surface area contributed by atoms with Crippen molar-refractivity contribution in [3.8, 4) is 0 Å². The van der Waals surface area contributed by atoms with Crippen LogP contribution in [0.25, 0.3) is 0 Å². The summed E-state index contributed by atoms with van der Waals surface area (Å²) in [6.45, 7) is 10.3. The summed E-state index contributed by atoms with van der Waals surface area (Å²) in [5.74, 6) is 0. The summed E-state index contributed by atoms with van der Waals surface area (Å²) in [5.41, 5.74) is 0.133. The highest BCUT2D eigenvalue weighted by Gasteiger charge is 2.23. The van der Waals surface area contributed by atoms with Crippen LogP contribution >= 0.6 is 0 Å². The van der Waals surface area contributed by atoms with Gasteiger partial charge in [-0.3, -0.25) is 0 Å². The van der Waals surface area contributed by atoms with Crippen LogP contribution in [0.15, 0.2) is 0 Å². The molecule has 0 spiro atoms. The SMILES string of the molecule is CCCCCCCCCCOC(C)(CCCCCCCC)CCCCCCCCCC. The molecule has 0 saturated carbocycles. The van der Waals surface area contributed by atoms with Crippen molar-refractivity contribution < 1.29 is 4.74 Å². The van der Waals surface area contributed by atoms with E-state index in [0.29, 0.717) is 0 Å². The van der Waals surface area contributed by atoms with Crippen molar-refractivity contribution in [1.82, 2.24) is 0 Å². The van der Waals surface area contributed by atoms with Crippen molar-refractivity contribution in [3.05, 3.63) is 0 Å². The Morgan fingerprint density at radius 1 is 0.387 bits per heavy atom. The van der Waals surface area contributed by atoms with Crippen LogP contribution in [0.5, 0.6) is 0 Å². The second-order valence-corrected chi connectivity index (χ2v) is 10.5. The lowest BCUT2D eigenvalue weighted by atomic mass is 9.91. The maximum absolute atomic E-state index is 6.56. The molecule has 31 heavy (non-hydrogen) atoms. The first-order chi connectivity index (χ1) is 15.2. The van der Waals surface area contributed by atoms with Crippen molar-refractivity contribution in [2.24, 2.45) is 0 Å². The highest BCUT2D eigenvalue weighted by Crippen LogP contribution is 2.27. The zero-order chi connectivity index (χ0) is 22.9. The first kappa shape index (κ1) is 31.0. The van der Waals surface area contributed by atoms with E-state index in [0.717, 1.165) is 6.61 Å². The highest BCUT2D eigenvalue weighted by atomic mass is 16.5. The van der Waals surface area contributed by atoms with E-state index >= 15 is 0 Å². The van der Waals surface area contributed by atoms with Crippen molar-refractivity contribution in [2.45, 2.75) is 187 Å². The fourth-order valence-electron chi connectivity index (χ4n) is 4.74. The molecular formula is C30H62O. The molecule has 0 aliphatic heterocycles. The summed E-state index contributed by atoms with van der Waals surface area (Å²) in [5, 5.41) is 0. The lowest BCUT2D eigenvalue weighted by molar-refractivity contribution is -0.0482. The largest absolute Gasteiger partial charge is 0.375 e. The monoisotopic (exact) mass is 438 g/mol. The number of rotatable bonds is 26. The van der Waals surface area contributed by atoms with E-state index < -0.39 is 0 Å². The van der Waals surface area contributed by atoms with Crippen LogP contribution in [-0.4, -0.2) is 12.2 Å². The predicted octanol–water partition coefficient (Wildman–Crippen LogP) is 11.2. The Balaban J connectivity index is 4.01. The van der Waals surface area contributed by atoms with Crippen molar-refractivity contribution in [3.63, 3.8) is 0 Å². The zero-order valence-electron chi connectivity index (χ0n) is 22.6. The molecular weight excluding hydrogens is 376 g/mol. The first-order valence-electron chi connectivity index (χ1n) is 14.8. The maximum Gasteiger partial charge on any atom is 0.0654 e. The van der Waals surface area contributed by atoms with E-state index in [1.54, 1.807) is 0 Å². The molecule has 0 bridgehead atoms. The molecule has 1 unspecified atom stereocenters. The van der Waals surface area contributed by atoms with Crippen LogP contribution in [0.4, 0.5) is 0 Å². The van der Waals surface area contributed by atoms with E-state index in [4.69, 9.17) is 4.74 Å². The van der Waals surface area contributed by atoms with Gasteiger partial charge in [-0.2, -0.15) is 0 Å². The van der Waals surface area contributed by atoms with Crippen molar-refractivity contribution in [2.75, 3.05) is 6.61 Å². The topological polar surface area (TPSA) is 9.23 Å². The van der Waals surface area contributed by atoms with E-state index in [9.17, 15) is 0 Å². The molecule has 0 rings (SSSR count). The molecule has 0 aliphatic carbocycles. The van der Waals surface area contributed by atoms with Crippen molar-refractivity contribution in [1.29, 1.82) is 0 Å². The van der Waals surface area contributed by atoms with Gasteiger partial charge in [0.25, 0.3) is 0 Å². The van der Waals surface area contributed by atoms with Gasteiger partial charge < -0.3 is 4.74 Å². The highest BCUT2D eigenvalue weighted by molar-refractivity contribution is 4.75. The van der Waals surface area contributed by atoms with Gasteiger partial charge in [0.05, 0.1) is 5.60 Å². The third-order valence-electron chi connectivity index (χ3n) is 7.07. The van der Waals surface area contributed by atoms with Crippen LogP contribution in [-0.2, 0) is 4.74 Å². The minimum absolute atomic E-state index is 0.133. The van der Waals surface area contributed by atoms with Crippen LogP contribution in [0.3, 0.4) is 0 Å². The normalized spacial score (nSPS) is 13.5. The Morgan fingerprint density at radius 3 is 1.03 bits per heavy atom. The second kappa shape index (κ2) is 24.6. The Labute approximate surface area is 198 Å². The number of hydrogen-bond donors (Lipinski definition) is 0. The lowest BCUT2D eigenvalue weighted by Crippen LogP contribution is -2.29. The van der Waals surface area contributed by atoms with Crippen LogP contribution in [0.2, 0.25) is 0 Å². The molecule has 0 aliphatic rings. The summed E-state index contributed by atoms with van der Waals surface area (Å²) >= 11 is 0.